The van der Waals surface area contributed by atoms with Gasteiger partial charge in [-0.25, -0.2) is 4.79 Å². The zero-order valence-electron chi connectivity index (χ0n) is 56.6. The van der Waals surface area contributed by atoms with E-state index in [1.807, 2.05) is 42.2 Å². The number of nitrogens with two attached hydrogens (primary N) is 1. The van der Waals surface area contributed by atoms with Crippen LogP contribution < -0.4 is 37.6 Å². The molecule has 2 saturated heterocycles. The van der Waals surface area contributed by atoms with Crippen LogP contribution in [0.15, 0.2) is 66.7 Å². The number of pyridine rings is 1. The van der Waals surface area contributed by atoms with Crippen LogP contribution in [0.2, 0.25) is 0 Å². The van der Waals surface area contributed by atoms with Gasteiger partial charge in [0.15, 0.2) is 0 Å². The van der Waals surface area contributed by atoms with Gasteiger partial charge in [0.1, 0.15) is 42.3 Å². The molecule has 7 rings (SSSR count). The average molecular weight is 1450 g/mol. The lowest BCUT2D eigenvalue weighted by Crippen LogP contribution is -2.61. The summed E-state index contributed by atoms with van der Waals surface area (Å²) in [5.74, 6) is -7.98. The number of carbonyl (C=O) groups excluding carboxylic acids is 9. The summed E-state index contributed by atoms with van der Waals surface area (Å²) in [5, 5.41) is 57.1. The summed E-state index contributed by atoms with van der Waals surface area (Å²) < 4.78 is 0. The highest BCUT2D eigenvalue weighted by atomic mass is 32.2. The second-order valence-electron chi connectivity index (χ2n) is 25.6. The van der Waals surface area contributed by atoms with Gasteiger partial charge in [-0.3, -0.25) is 72.4 Å². The highest BCUT2D eigenvalue weighted by Gasteiger charge is 2.45. The van der Waals surface area contributed by atoms with Crippen LogP contribution in [0.3, 0.4) is 0 Å². The third-order valence-electron chi connectivity index (χ3n) is 17.4. The summed E-state index contributed by atoms with van der Waals surface area (Å²) >= 11 is 4.16. The molecule has 3 aromatic rings. The monoisotopic (exact) mass is 1450 g/mol. The van der Waals surface area contributed by atoms with Gasteiger partial charge >= 0.3 is 17.9 Å². The van der Waals surface area contributed by atoms with E-state index in [2.05, 4.69) is 31.9 Å². The fraction of sp³-hybridized carbons (Fsp3) is 0.574. The first-order valence-electron chi connectivity index (χ1n) is 33.9. The molecule has 0 radical (unpaired) electrons. The minimum absolute atomic E-state index is 0.0149. The standard InChI is InChI=1S/C68H95N13O16S3/c1-3-4-6-18-57(84)72-52-41-99-39-46-29-45(38-98-28-21-70-58(85)35-78-26-24-77(36-59(86)87)25-27-79(37-60(88)89)34-49-15-9-14-48(33-78)71-49)30-47(31-46)40-100-42-53(68(96)97)75-63(91)51(32-44-12-7-5-8-13-44)74-62(90)50(19-20-56(69)83)73-65(93)61(43(2)82)76-64(92)54-16-10-22-80(54)67(95)55-17-11-23-81(55)66(52)94/h5,7-9,12-15,29-31,43,50-55,61,82H,3-4,6,10-11,16-28,32-42H2,1-2H3,(H2,69,83)(H,70,85)(H,72,84)(H,73,93)(H,74,90)(H,75,91)(H,76,92)(H,86,87)(H,88,89)(H,96,97)/t43-,50+,51+,52+,53+,54+,55+,61+/m1/s1. The van der Waals surface area contributed by atoms with Gasteiger partial charge in [0.2, 0.25) is 53.2 Å². The van der Waals surface area contributed by atoms with Crippen molar-refractivity contribution in [3.05, 3.63) is 100 Å². The first kappa shape index (κ1) is 79.4. The lowest BCUT2D eigenvalue weighted by molar-refractivity contribution is -0.148. The van der Waals surface area contributed by atoms with E-state index in [0.29, 0.717) is 73.1 Å². The SMILES string of the molecule is CCCCCC(=O)N[C@H]1CSCc2cc(CSCCNC(=O)CN3CCN(CC(=O)O)CCN(CC(=O)O)Cc4cccc(n4)C3)cc(c2)CSC[C@@H](C(=O)O)NC(=O)[C@H](Cc2ccccc2)NC(=O)[C@H](CCC(N)=O)NC(=O)[C@H]([C@@H](C)O)NC(=O)[C@@H]2CCCN2C(=O)[C@@H]2CCCN2C1=O. The second kappa shape index (κ2) is 40.5. The van der Waals surface area contributed by atoms with Gasteiger partial charge in [0, 0.05) is 113 Å². The molecule has 0 unspecified atom stereocenters. The van der Waals surface area contributed by atoms with E-state index in [9.17, 15) is 78.0 Å². The summed E-state index contributed by atoms with van der Waals surface area (Å²) in [4.78, 5) is 176. The summed E-state index contributed by atoms with van der Waals surface area (Å²) in [5.41, 5.74) is 9.90. The molecule has 0 aliphatic carbocycles. The molecular weight excluding hydrogens is 1350 g/mol. The molecule has 2 aromatic carbocycles. The second-order valence-corrected chi connectivity index (χ2v) is 28.8. The molecule has 8 atom stereocenters. The maximum atomic E-state index is 14.9. The average Bonchev–Trinajstić information content (AvgIpc) is 1.63. The van der Waals surface area contributed by atoms with Gasteiger partial charge in [0.25, 0.3) is 0 Å². The molecule has 0 saturated carbocycles. The summed E-state index contributed by atoms with van der Waals surface area (Å²) in [7, 11) is 0. The number of primary amides is 1. The zero-order valence-corrected chi connectivity index (χ0v) is 59.1. The van der Waals surface area contributed by atoms with Gasteiger partial charge in [-0.05, 0) is 79.8 Å². The van der Waals surface area contributed by atoms with E-state index in [4.69, 9.17) is 10.7 Å². The number of hydrogen-bond acceptors (Lipinski definition) is 20. The Kier molecular flexibility index (Phi) is 32.2. The van der Waals surface area contributed by atoms with Crippen LogP contribution in [0.1, 0.15) is 112 Å². The van der Waals surface area contributed by atoms with E-state index in [1.165, 1.54) is 40.2 Å². The molecule has 546 valence electrons. The van der Waals surface area contributed by atoms with Crippen molar-refractivity contribution in [2.75, 3.05) is 82.7 Å². The Labute approximate surface area is 594 Å². The highest BCUT2D eigenvalue weighted by Crippen LogP contribution is 2.29. The van der Waals surface area contributed by atoms with E-state index < -0.39 is 114 Å². The molecule has 5 heterocycles. The third-order valence-corrected chi connectivity index (χ3v) is 20.7. The number of carboxylic acids is 3. The Balaban J connectivity index is 1.13. The Hall–Kier alpha value is -7.88. The molecule has 4 bridgehead atoms. The number of nitrogens with zero attached hydrogens (tertiary/aromatic N) is 6. The number of benzene rings is 2. The van der Waals surface area contributed by atoms with Crippen molar-refractivity contribution in [2.24, 2.45) is 5.73 Å². The normalized spacial score (nSPS) is 22.9. The van der Waals surface area contributed by atoms with Crippen LogP contribution in [0.25, 0.3) is 0 Å². The Morgan fingerprint density at radius 1 is 0.650 bits per heavy atom. The van der Waals surface area contributed by atoms with Crippen molar-refractivity contribution in [3.63, 3.8) is 0 Å². The van der Waals surface area contributed by atoms with Crippen molar-refractivity contribution in [1.82, 2.24) is 61.4 Å². The number of aliphatic hydroxyl groups excluding tert-OH is 1. The largest absolute Gasteiger partial charge is 0.480 e. The molecule has 9 amide bonds. The maximum absolute atomic E-state index is 14.9. The van der Waals surface area contributed by atoms with Gasteiger partial charge in [-0.1, -0.05) is 74.4 Å². The molecule has 2 fully saturated rings. The molecule has 100 heavy (non-hydrogen) atoms. The molecule has 4 aliphatic rings. The quantitative estimate of drug-likeness (QED) is 0.0581. The zero-order chi connectivity index (χ0) is 72.3. The van der Waals surface area contributed by atoms with E-state index in [1.54, 1.807) is 58.0 Å². The van der Waals surface area contributed by atoms with E-state index >= 15 is 0 Å². The van der Waals surface area contributed by atoms with Crippen LogP contribution in [-0.2, 0) is 94.3 Å². The Bertz CT molecular complexity index is 3340. The summed E-state index contributed by atoms with van der Waals surface area (Å²) in [6.45, 7) is 5.02. The van der Waals surface area contributed by atoms with Gasteiger partial charge in [-0.15, -0.1) is 0 Å². The molecule has 32 heteroatoms. The van der Waals surface area contributed by atoms with Crippen molar-refractivity contribution < 1.29 is 78.0 Å². The number of nitrogens with one attached hydrogen (secondary N) is 6. The lowest BCUT2D eigenvalue weighted by Gasteiger charge is -2.33. The van der Waals surface area contributed by atoms with Crippen LogP contribution in [0.5, 0.6) is 0 Å². The van der Waals surface area contributed by atoms with Crippen LogP contribution in [0.4, 0.5) is 0 Å². The van der Waals surface area contributed by atoms with Crippen molar-refractivity contribution in [2.45, 2.75) is 163 Å². The van der Waals surface area contributed by atoms with Gasteiger partial charge in [0.05, 0.1) is 37.1 Å². The fourth-order valence-electron chi connectivity index (χ4n) is 12.4. The summed E-state index contributed by atoms with van der Waals surface area (Å²) in [6.07, 6.45) is 1.18. The number of carbonyl (C=O) groups is 12. The predicted octanol–water partition coefficient (Wildman–Crippen LogP) is 0.660. The molecular formula is C68H95N13O16S3. The number of aromatic nitrogens is 1. The fourth-order valence-corrected chi connectivity index (χ4v) is 15.2. The van der Waals surface area contributed by atoms with Crippen molar-refractivity contribution >= 4 is 106 Å². The minimum Gasteiger partial charge on any atom is -0.480 e. The molecule has 4 aliphatic heterocycles. The molecule has 29 nitrogen and oxygen atoms in total. The van der Waals surface area contributed by atoms with Crippen LogP contribution in [-0.4, -0.2) is 252 Å². The first-order chi connectivity index (χ1) is 47.9. The number of carboxylic acid groups (broad SMARTS) is 3. The van der Waals surface area contributed by atoms with Gasteiger partial charge < -0.3 is 67.9 Å². The number of aliphatic carboxylic acids is 3. The lowest BCUT2D eigenvalue weighted by atomic mass is 10.0. The highest BCUT2D eigenvalue weighted by molar-refractivity contribution is 7.99. The number of fused-ring (bicyclic) bond motifs is 6. The Morgan fingerprint density at radius 3 is 1.88 bits per heavy atom. The predicted molar refractivity (Wildman–Crippen MR) is 376 cm³/mol. The van der Waals surface area contributed by atoms with Crippen LogP contribution in [0, 0.1) is 0 Å². The number of amides is 9. The van der Waals surface area contributed by atoms with E-state index in [0.717, 1.165) is 29.5 Å². The first-order valence-corrected chi connectivity index (χ1v) is 37.4. The van der Waals surface area contributed by atoms with E-state index in [-0.39, 0.29) is 120 Å². The van der Waals surface area contributed by atoms with Crippen molar-refractivity contribution in [1.29, 1.82) is 0 Å². The summed E-state index contributed by atoms with van der Waals surface area (Å²) in [6, 6.07) is 10.5. The number of hydrogen-bond donors (Lipinski definition) is 11. The van der Waals surface area contributed by atoms with Crippen molar-refractivity contribution in [3.8, 4) is 0 Å². The Morgan fingerprint density at radius 2 is 1.25 bits per heavy atom. The molecule has 12 N–H and O–H groups in total. The maximum Gasteiger partial charge on any atom is 0.327 e. The molecule has 0 spiro atoms. The minimum atomic E-state index is -1.71. The number of aliphatic hydroxyl groups is 1. The van der Waals surface area contributed by atoms with Crippen LogP contribution >= 0.6 is 35.3 Å². The number of unbranched alkanes of at least 4 members (excludes halogenated alkanes) is 2. The number of rotatable bonds is 23. The van der Waals surface area contributed by atoms with Gasteiger partial charge in [-0.2, -0.15) is 35.3 Å². The third kappa shape index (κ3) is 25.9. The topological polar surface area (TPSA) is 413 Å². The molecule has 1 aromatic heterocycles. The smallest absolute Gasteiger partial charge is 0.327 e. The number of thioether (sulfide) groups is 3.